The second-order valence-corrected chi connectivity index (χ2v) is 6.89. The van der Waals surface area contributed by atoms with Crippen molar-refractivity contribution >= 4 is 23.4 Å². The van der Waals surface area contributed by atoms with Gasteiger partial charge in [-0.1, -0.05) is 30.0 Å². The van der Waals surface area contributed by atoms with Crippen LogP contribution in [0.1, 0.15) is 15.9 Å². The van der Waals surface area contributed by atoms with Gasteiger partial charge in [-0.25, -0.2) is 4.79 Å². The SMILES string of the molecule is Cc1ccccc1-n1cnnc1SCC(=O)c1c(N)n(C)c(=O)n(C)c1=O. The van der Waals surface area contributed by atoms with Crippen LogP contribution < -0.4 is 17.0 Å². The molecule has 0 saturated carbocycles. The molecule has 2 heterocycles. The fourth-order valence-electron chi connectivity index (χ4n) is 2.65. The van der Waals surface area contributed by atoms with Crippen LogP contribution in [0, 0.1) is 6.92 Å². The zero-order chi connectivity index (χ0) is 19.7. The Balaban J connectivity index is 1.89. The third kappa shape index (κ3) is 3.31. The maximum Gasteiger partial charge on any atom is 0.332 e. The van der Waals surface area contributed by atoms with Crippen molar-refractivity contribution in [1.82, 2.24) is 23.9 Å². The van der Waals surface area contributed by atoms with E-state index in [4.69, 9.17) is 5.73 Å². The summed E-state index contributed by atoms with van der Waals surface area (Å²) in [6.45, 7) is 1.96. The number of hydrogen-bond donors (Lipinski definition) is 1. The van der Waals surface area contributed by atoms with Crippen LogP contribution in [0.15, 0.2) is 45.3 Å². The van der Waals surface area contributed by atoms with Gasteiger partial charge in [-0.3, -0.25) is 23.3 Å². The van der Waals surface area contributed by atoms with Crippen molar-refractivity contribution < 1.29 is 4.79 Å². The van der Waals surface area contributed by atoms with Crippen molar-refractivity contribution in [2.24, 2.45) is 14.1 Å². The fraction of sp³-hybridized carbons (Fsp3) is 0.235. The van der Waals surface area contributed by atoms with Crippen LogP contribution in [0.2, 0.25) is 0 Å². The number of ketones is 1. The minimum Gasteiger partial charge on any atom is -0.384 e. The average molecular weight is 386 g/mol. The van der Waals surface area contributed by atoms with E-state index >= 15 is 0 Å². The normalized spacial score (nSPS) is 10.9. The van der Waals surface area contributed by atoms with Crippen LogP contribution in [0.5, 0.6) is 0 Å². The molecule has 0 atom stereocenters. The van der Waals surface area contributed by atoms with E-state index in [1.807, 2.05) is 31.2 Å². The third-order valence-corrected chi connectivity index (χ3v) is 5.16. The molecule has 27 heavy (non-hydrogen) atoms. The van der Waals surface area contributed by atoms with E-state index < -0.39 is 17.0 Å². The zero-order valence-electron chi connectivity index (χ0n) is 15.0. The van der Waals surface area contributed by atoms with Gasteiger partial charge in [0, 0.05) is 14.1 Å². The van der Waals surface area contributed by atoms with E-state index in [2.05, 4.69) is 10.2 Å². The quantitative estimate of drug-likeness (QED) is 0.502. The Morgan fingerprint density at radius 2 is 1.89 bits per heavy atom. The first-order valence-electron chi connectivity index (χ1n) is 8.00. The highest BCUT2D eigenvalue weighted by molar-refractivity contribution is 7.99. The second-order valence-electron chi connectivity index (χ2n) is 5.95. The Bertz CT molecular complexity index is 1140. The summed E-state index contributed by atoms with van der Waals surface area (Å²) in [5.41, 5.74) is 6.27. The summed E-state index contributed by atoms with van der Waals surface area (Å²) in [4.78, 5) is 36.8. The molecule has 1 aromatic carbocycles. The highest BCUT2D eigenvalue weighted by Crippen LogP contribution is 2.22. The number of carbonyl (C=O) groups excluding carboxylic acids is 1. The van der Waals surface area contributed by atoms with Crippen molar-refractivity contribution in [1.29, 1.82) is 0 Å². The number of nitrogens with zero attached hydrogens (tertiary/aromatic N) is 5. The van der Waals surface area contributed by atoms with Crippen LogP contribution in [0.3, 0.4) is 0 Å². The highest BCUT2D eigenvalue weighted by atomic mass is 32.2. The number of Topliss-reactive ketones (excluding diaryl/α,β-unsaturated/α-hetero) is 1. The largest absolute Gasteiger partial charge is 0.384 e. The molecule has 0 aliphatic heterocycles. The Morgan fingerprint density at radius 1 is 1.19 bits per heavy atom. The molecule has 2 aromatic heterocycles. The smallest absolute Gasteiger partial charge is 0.332 e. The molecular weight excluding hydrogens is 368 g/mol. The maximum atomic E-state index is 12.6. The summed E-state index contributed by atoms with van der Waals surface area (Å²) in [6.07, 6.45) is 1.56. The third-order valence-electron chi connectivity index (χ3n) is 4.21. The number of nitrogen functional groups attached to an aromatic ring is 1. The lowest BCUT2D eigenvalue weighted by Gasteiger charge is -2.11. The Kier molecular flexibility index (Phi) is 5.00. The van der Waals surface area contributed by atoms with Gasteiger partial charge in [-0.05, 0) is 18.6 Å². The molecule has 0 bridgehead atoms. The maximum absolute atomic E-state index is 12.6. The van der Waals surface area contributed by atoms with Gasteiger partial charge < -0.3 is 5.73 Å². The van der Waals surface area contributed by atoms with E-state index in [0.717, 1.165) is 32.1 Å². The Labute approximate surface area is 158 Å². The number of aryl methyl sites for hydroxylation is 1. The number of para-hydroxylation sites is 1. The Morgan fingerprint density at radius 3 is 2.59 bits per heavy atom. The van der Waals surface area contributed by atoms with Crippen LogP contribution >= 0.6 is 11.8 Å². The molecule has 10 heteroatoms. The van der Waals surface area contributed by atoms with Crippen LogP contribution in [0.25, 0.3) is 5.69 Å². The van der Waals surface area contributed by atoms with Crippen LogP contribution in [0.4, 0.5) is 5.82 Å². The summed E-state index contributed by atoms with van der Waals surface area (Å²) >= 11 is 1.14. The van der Waals surface area contributed by atoms with Crippen molar-refractivity contribution in [3.63, 3.8) is 0 Å². The topological polar surface area (TPSA) is 118 Å². The summed E-state index contributed by atoms with van der Waals surface area (Å²) in [6, 6.07) is 7.71. The van der Waals surface area contributed by atoms with E-state index in [0.29, 0.717) is 5.16 Å². The van der Waals surface area contributed by atoms with Gasteiger partial charge >= 0.3 is 5.69 Å². The number of nitrogens with two attached hydrogens (primary N) is 1. The molecule has 9 nitrogen and oxygen atoms in total. The van der Waals surface area contributed by atoms with E-state index in [1.54, 1.807) is 10.9 Å². The number of anilines is 1. The minimum atomic E-state index is -0.707. The number of thioether (sulfide) groups is 1. The van der Waals surface area contributed by atoms with E-state index in [1.165, 1.54) is 14.1 Å². The van der Waals surface area contributed by atoms with Gasteiger partial charge in [0.05, 0.1) is 11.4 Å². The first-order valence-corrected chi connectivity index (χ1v) is 8.99. The number of aromatic nitrogens is 5. The predicted octanol–water partition coefficient (Wildman–Crippen LogP) is 0.530. The van der Waals surface area contributed by atoms with Gasteiger partial charge in [0.15, 0.2) is 10.9 Å². The summed E-state index contributed by atoms with van der Waals surface area (Å²) in [5, 5.41) is 8.47. The monoisotopic (exact) mass is 386 g/mol. The molecule has 3 rings (SSSR count). The molecule has 0 aliphatic rings. The molecule has 0 amide bonds. The minimum absolute atomic E-state index is 0.0672. The molecule has 3 aromatic rings. The van der Waals surface area contributed by atoms with E-state index in [-0.39, 0.29) is 17.1 Å². The lowest BCUT2D eigenvalue weighted by atomic mass is 10.2. The standard InChI is InChI=1S/C17H18N6O3S/c1-10-6-4-5-7-11(10)23-9-19-20-16(23)27-8-12(24)13-14(18)21(2)17(26)22(3)15(13)25/h4-7,9H,8,18H2,1-3H3. The Hall–Kier alpha value is -3.14. The lowest BCUT2D eigenvalue weighted by Crippen LogP contribution is -2.41. The first kappa shape index (κ1) is 18.6. The van der Waals surface area contributed by atoms with Gasteiger partial charge in [0.2, 0.25) is 0 Å². The molecule has 0 saturated heterocycles. The van der Waals surface area contributed by atoms with Crippen LogP contribution in [-0.4, -0.2) is 35.4 Å². The van der Waals surface area contributed by atoms with Gasteiger partial charge in [0.1, 0.15) is 17.7 Å². The molecule has 0 fully saturated rings. The zero-order valence-corrected chi connectivity index (χ0v) is 15.9. The van der Waals surface area contributed by atoms with Gasteiger partial charge in [-0.2, -0.15) is 0 Å². The average Bonchev–Trinajstić information content (AvgIpc) is 3.12. The molecule has 2 N–H and O–H groups in total. The highest BCUT2D eigenvalue weighted by Gasteiger charge is 2.21. The first-order chi connectivity index (χ1) is 12.8. The van der Waals surface area contributed by atoms with Crippen LogP contribution in [-0.2, 0) is 14.1 Å². The number of benzene rings is 1. The summed E-state index contributed by atoms with van der Waals surface area (Å²) in [5.74, 6) is -0.690. The molecule has 0 aliphatic carbocycles. The van der Waals surface area contributed by atoms with E-state index in [9.17, 15) is 14.4 Å². The number of hydrogen-bond acceptors (Lipinski definition) is 7. The molecule has 0 radical (unpaired) electrons. The summed E-state index contributed by atoms with van der Waals surface area (Å²) < 4.78 is 3.72. The van der Waals surface area contributed by atoms with Crippen molar-refractivity contribution in [2.45, 2.75) is 12.1 Å². The molecule has 0 unspecified atom stereocenters. The van der Waals surface area contributed by atoms with Gasteiger partial charge in [0.25, 0.3) is 5.56 Å². The fourth-order valence-corrected chi connectivity index (χ4v) is 3.44. The number of rotatable bonds is 5. The molecular formula is C17H18N6O3S. The lowest BCUT2D eigenvalue weighted by molar-refractivity contribution is 0.102. The van der Waals surface area contributed by atoms with Gasteiger partial charge in [-0.15, -0.1) is 10.2 Å². The second kappa shape index (κ2) is 7.23. The molecule has 0 spiro atoms. The van der Waals surface area contributed by atoms with Crippen molar-refractivity contribution in [2.75, 3.05) is 11.5 Å². The van der Waals surface area contributed by atoms with Crippen molar-refractivity contribution in [3.8, 4) is 5.69 Å². The number of carbonyl (C=O) groups is 1. The molecule has 140 valence electrons. The summed E-state index contributed by atoms with van der Waals surface area (Å²) in [7, 11) is 2.72. The van der Waals surface area contributed by atoms with Crippen molar-refractivity contribution in [3.05, 3.63) is 62.6 Å². The predicted molar refractivity (Wildman–Crippen MR) is 102 cm³/mol.